The van der Waals surface area contributed by atoms with E-state index in [2.05, 4.69) is 27.3 Å². The monoisotopic (exact) mass is 339 g/mol. The maximum Gasteiger partial charge on any atom is 0.124 e. The van der Waals surface area contributed by atoms with Crippen molar-refractivity contribution in [2.75, 3.05) is 26.2 Å². The van der Waals surface area contributed by atoms with Crippen LogP contribution in [0.25, 0.3) is 0 Å². The van der Waals surface area contributed by atoms with Gasteiger partial charge in [-0.2, -0.15) is 0 Å². The predicted molar refractivity (Wildman–Crippen MR) is 102 cm³/mol. The van der Waals surface area contributed by atoms with Crippen LogP contribution in [0.2, 0.25) is 0 Å². The van der Waals surface area contributed by atoms with Gasteiger partial charge in [0.25, 0.3) is 0 Å². The summed E-state index contributed by atoms with van der Waals surface area (Å²) in [7, 11) is 0. The molecule has 25 heavy (non-hydrogen) atoms. The van der Waals surface area contributed by atoms with Crippen LogP contribution >= 0.6 is 0 Å². The zero-order valence-corrected chi connectivity index (χ0v) is 15.0. The molecule has 1 aliphatic rings. The molecule has 1 aromatic heterocycles. The Morgan fingerprint density at radius 1 is 1.04 bits per heavy atom. The van der Waals surface area contributed by atoms with E-state index in [1.165, 1.54) is 50.9 Å². The van der Waals surface area contributed by atoms with Gasteiger partial charge < -0.3 is 15.0 Å². The number of likely N-dealkylation sites (tertiary alicyclic amines) is 1. The van der Waals surface area contributed by atoms with Gasteiger partial charge in [-0.05, 0) is 57.6 Å². The minimum atomic E-state index is 0.555. The molecule has 0 aliphatic carbocycles. The number of aromatic nitrogens is 1. The lowest BCUT2D eigenvalue weighted by molar-refractivity contribution is 0.225. The number of hydrogen-bond acceptors (Lipinski definition) is 4. The second-order valence-electron chi connectivity index (χ2n) is 6.69. The maximum absolute atomic E-state index is 5.99. The van der Waals surface area contributed by atoms with Gasteiger partial charge in [-0.1, -0.05) is 30.7 Å². The molecule has 0 spiro atoms. The lowest BCUT2D eigenvalue weighted by atomic mass is 10.1. The van der Waals surface area contributed by atoms with E-state index in [4.69, 9.17) is 4.74 Å². The van der Waals surface area contributed by atoms with Gasteiger partial charge in [-0.25, -0.2) is 0 Å². The molecule has 0 atom stereocenters. The van der Waals surface area contributed by atoms with Gasteiger partial charge in [0.05, 0.1) is 0 Å². The van der Waals surface area contributed by atoms with Crippen LogP contribution in [0.5, 0.6) is 5.75 Å². The van der Waals surface area contributed by atoms with E-state index in [1.54, 1.807) is 6.20 Å². The molecular weight excluding hydrogens is 310 g/mol. The SMILES string of the molecule is c1cncc(COc2ccccc2CNCCCN2CCCCC2)c1. The Morgan fingerprint density at radius 2 is 1.92 bits per heavy atom. The van der Waals surface area contributed by atoms with E-state index >= 15 is 0 Å². The third-order valence-corrected chi connectivity index (χ3v) is 4.68. The molecule has 0 unspecified atom stereocenters. The average molecular weight is 339 g/mol. The van der Waals surface area contributed by atoms with Crippen LogP contribution in [0.4, 0.5) is 0 Å². The van der Waals surface area contributed by atoms with Crippen molar-refractivity contribution in [3.8, 4) is 5.75 Å². The molecule has 0 saturated carbocycles. The normalized spacial score (nSPS) is 15.2. The summed E-state index contributed by atoms with van der Waals surface area (Å²) in [4.78, 5) is 6.72. The van der Waals surface area contributed by atoms with Crippen molar-refractivity contribution in [2.45, 2.75) is 38.8 Å². The molecule has 1 N–H and O–H groups in total. The van der Waals surface area contributed by atoms with Gasteiger partial charge in [0.2, 0.25) is 0 Å². The molecule has 1 aromatic carbocycles. The maximum atomic E-state index is 5.99. The number of benzene rings is 1. The predicted octanol–water partition coefficient (Wildman–Crippen LogP) is 3.63. The minimum absolute atomic E-state index is 0.555. The Kier molecular flexibility index (Phi) is 7.28. The van der Waals surface area contributed by atoms with Crippen molar-refractivity contribution in [3.05, 3.63) is 59.9 Å². The fraction of sp³-hybridized carbons (Fsp3) is 0.476. The van der Waals surface area contributed by atoms with Crippen molar-refractivity contribution in [2.24, 2.45) is 0 Å². The van der Waals surface area contributed by atoms with E-state index in [-0.39, 0.29) is 0 Å². The van der Waals surface area contributed by atoms with Gasteiger partial charge in [-0.15, -0.1) is 0 Å². The zero-order chi connectivity index (χ0) is 17.2. The summed E-state index contributed by atoms with van der Waals surface area (Å²) in [5.74, 6) is 0.954. The van der Waals surface area contributed by atoms with Crippen molar-refractivity contribution in [1.82, 2.24) is 15.2 Å². The third kappa shape index (κ3) is 6.15. The summed E-state index contributed by atoms with van der Waals surface area (Å²) in [6.45, 7) is 6.23. The molecule has 1 saturated heterocycles. The highest BCUT2D eigenvalue weighted by Gasteiger charge is 2.09. The molecule has 4 heteroatoms. The fourth-order valence-electron chi connectivity index (χ4n) is 3.27. The molecule has 134 valence electrons. The highest BCUT2D eigenvalue weighted by molar-refractivity contribution is 5.33. The van der Waals surface area contributed by atoms with E-state index < -0.39 is 0 Å². The molecule has 1 aliphatic heterocycles. The number of pyridine rings is 1. The van der Waals surface area contributed by atoms with Gasteiger partial charge in [0.1, 0.15) is 12.4 Å². The number of nitrogens with one attached hydrogen (secondary N) is 1. The fourth-order valence-corrected chi connectivity index (χ4v) is 3.27. The van der Waals surface area contributed by atoms with E-state index in [1.807, 2.05) is 30.5 Å². The summed E-state index contributed by atoms with van der Waals surface area (Å²) in [6, 6.07) is 12.3. The van der Waals surface area contributed by atoms with Crippen molar-refractivity contribution < 1.29 is 4.74 Å². The summed E-state index contributed by atoms with van der Waals surface area (Å²) >= 11 is 0. The number of piperidine rings is 1. The van der Waals surface area contributed by atoms with Crippen LogP contribution in [0.3, 0.4) is 0 Å². The van der Waals surface area contributed by atoms with Crippen LogP contribution in [-0.4, -0.2) is 36.1 Å². The lowest BCUT2D eigenvalue weighted by Gasteiger charge is -2.26. The molecule has 2 aromatic rings. The van der Waals surface area contributed by atoms with Crippen LogP contribution < -0.4 is 10.1 Å². The molecule has 0 radical (unpaired) electrons. The number of nitrogens with zero attached hydrogens (tertiary/aromatic N) is 2. The van der Waals surface area contributed by atoms with Crippen molar-refractivity contribution in [1.29, 1.82) is 0 Å². The van der Waals surface area contributed by atoms with Crippen LogP contribution in [0.15, 0.2) is 48.8 Å². The smallest absolute Gasteiger partial charge is 0.124 e. The van der Waals surface area contributed by atoms with Crippen LogP contribution in [0.1, 0.15) is 36.8 Å². The largest absolute Gasteiger partial charge is 0.489 e. The Balaban J connectivity index is 1.39. The molecule has 2 heterocycles. The summed E-state index contributed by atoms with van der Waals surface area (Å²) in [6.07, 6.45) is 8.99. The van der Waals surface area contributed by atoms with Gasteiger partial charge >= 0.3 is 0 Å². The first-order chi connectivity index (χ1) is 12.4. The highest BCUT2D eigenvalue weighted by atomic mass is 16.5. The van der Waals surface area contributed by atoms with Gasteiger partial charge in [0.15, 0.2) is 0 Å². The number of rotatable bonds is 9. The van der Waals surface area contributed by atoms with Gasteiger partial charge in [0, 0.05) is 30.1 Å². The first kappa shape index (κ1) is 17.9. The second-order valence-corrected chi connectivity index (χ2v) is 6.69. The molecule has 3 rings (SSSR count). The van der Waals surface area contributed by atoms with Crippen LogP contribution in [0, 0.1) is 0 Å². The third-order valence-electron chi connectivity index (χ3n) is 4.68. The Bertz CT molecular complexity index is 612. The number of para-hydroxylation sites is 1. The Hall–Kier alpha value is -1.91. The summed E-state index contributed by atoms with van der Waals surface area (Å²) in [5.41, 5.74) is 2.30. The lowest BCUT2D eigenvalue weighted by Crippen LogP contribution is -2.32. The molecule has 0 amide bonds. The second kappa shape index (κ2) is 10.2. The van der Waals surface area contributed by atoms with E-state index in [0.29, 0.717) is 6.61 Å². The molecular formula is C21H29N3O. The summed E-state index contributed by atoms with van der Waals surface area (Å²) in [5, 5.41) is 3.56. The Morgan fingerprint density at radius 3 is 2.76 bits per heavy atom. The topological polar surface area (TPSA) is 37.4 Å². The van der Waals surface area contributed by atoms with E-state index in [9.17, 15) is 0 Å². The first-order valence-electron chi connectivity index (χ1n) is 9.44. The quantitative estimate of drug-likeness (QED) is 0.708. The summed E-state index contributed by atoms with van der Waals surface area (Å²) < 4.78 is 5.99. The number of ether oxygens (including phenoxy) is 1. The van der Waals surface area contributed by atoms with Crippen molar-refractivity contribution >= 4 is 0 Å². The molecule has 1 fully saturated rings. The van der Waals surface area contributed by atoms with E-state index in [0.717, 1.165) is 24.4 Å². The molecule has 0 bridgehead atoms. The number of hydrogen-bond donors (Lipinski definition) is 1. The minimum Gasteiger partial charge on any atom is -0.489 e. The average Bonchev–Trinajstić information content (AvgIpc) is 2.68. The highest BCUT2D eigenvalue weighted by Crippen LogP contribution is 2.19. The van der Waals surface area contributed by atoms with Crippen LogP contribution in [-0.2, 0) is 13.2 Å². The Labute approximate surface area is 151 Å². The first-order valence-corrected chi connectivity index (χ1v) is 9.44. The standard InChI is InChI=1S/C21H29N3O/c1-4-13-24(14-5-1)15-7-12-23-17-20-9-2-3-10-21(20)25-18-19-8-6-11-22-16-19/h2-3,6,8-11,16,23H,1,4-5,7,12-15,17-18H2. The molecule has 4 nitrogen and oxygen atoms in total. The van der Waals surface area contributed by atoms with Crippen molar-refractivity contribution in [3.63, 3.8) is 0 Å². The zero-order valence-electron chi connectivity index (χ0n) is 15.0. The van der Waals surface area contributed by atoms with Gasteiger partial charge in [-0.3, -0.25) is 4.98 Å².